The minimum atomic E-state index is -0.109. The molecular formula is C20H19NO4S2. The van der Waals surface area contributed by atoms with Gasteiger partial charge in [-0.15, -0.1) is 0 Å². The first kappa shape index (κ1) is 19.3. The quantitative estimate of drug-likeness (QED) is 0.536. The van der Waals surface area contributed by atoms with Crippen LogP contribution < -0.4 is 14.2 Å². The normalized spacial score (nSPS) is 15.4. The molecule has 140 valence electrons. The number of methoxy groups -OCH3 is 3. The maximum absolute atomic E-state index is 12.8. The highest BCUT2D eigenvalue weighted by Crippen LogP contribution is 2.40. The molecule has 0 aromatic heterocycles. The molecule has 0 N–H and O–H groups in total. The molecule has 0 bridgehead atoms. The Morgan fingerprint density at radius 1 is 1.04 bits per heavy atom. The molecule has 2 aromatic rings. The lowest BCUT2D eigenvalue weighted by Gasteiger charge is -2.14. The summed E-state index contributed by atoms with van der Waals surface area (Å²) in [7, 11) is 4.66. The lowest BCUT2D eigenvalue weighted by molar-refractivity contribution is -0.122. The zero-order chi connectivity index (χ0) is 19.4. The van der Waals surface area contributed by atoms with Crippen molar-refractivity contribution in [2.75, 3.05) is 21.3 Å². The predicted octanol–water partition coefficient (Wildman–Crippen LogP) is 4.11. The molecule has 0 unspecified atom stereocenters. The summed E-state index contributed by atoms with van der Waals surface area (Å²) in [4.78, 5) is 15.0. The SMILES string of the molecule is COc1cc(/C=C2/SC(=S)N(Cc3ccccc3)C2=O)cc(OC)c1OC. The Morgan fingerprint density at radius 3 is 2.22 bits per heavy atom. The summed E-state index contributed by atoms with van der Waals surface area (Å²) in [5.41, 5.74) is 1.80. The summed E-state index contributed by atoms with van der Waals surface area (Å²) in [6.45, 7) is 0.456. The third kappa shape index (κ3) is 4.09. The molecule has 7 heteroatoms. The first-order valence-corrected chi connectivity index (χ1v) is 9.39. The molecule has 1 saturated heterocycles. The molecule has 1 fully saturated rings. The minimum absolute atomic E-state index is 0.109. The van der Waals surface area contributed by atoms with Crippen LogP contribution in [0.15, 0.2) is 47.4 Å². The Bertz CT molecular complexity index is 871. The Hall–Kier alpha value is -2.51. The van der Waals surface area contributed by atoms with Crippen LogP contribution in [0, 0.1) is 0 Å². The predicted molar refractivity (Wildman–Crippen MR) is 111 cm³/mol. The van der Waals surface area contributed by atoms with Crippen molar-refractivity contribution >= 4 is 40.3 Å². The summed E-state index contributed by atoms with van der Waals surface area (Å²) in [5, 5.41) is 0. The molecule has 27 heavy (non-hydrogen) atoms. The number of ether oxygens (including phenoxy) is 3. The van der Waals surface area contributed by atoms with E-state index in [1.807, 2.05) is 30.3 Å². The van der Waals surface area contributed by atoms with Gasteiger partial charge in [0.2, 0.25) is 5.75 Å². The summed E-state index contributed by atoms with van der Waals surface area (Å²) >= 11 is 6.69. The molecule has 1 heterocycles. The van der Waals surface area contributed by atoms with Gasteiger partial charge in [0.05, 0.1) is 32.8 Å². The molecule has 1 aliphatic heterocycles. The largest absolute Gasteiger partial charge is 0.493 e. The average Bonchev–Trinajstić information content (AvgIpc) is 2.95. The van der Waals surface area contributed by atoms with Crippen LogP contribution in [-0.2, 0) is 11.3 Å². The van der Waals surface area contributed by atoms with Gasteiger partial charge in [0, 0.05) is 0 Å². The van der Waals surface area contributed by atoms with Crippen molar-refractivity contribution in [3.05, 3.63) is 58.5 Å². The Kier molecular flexibility index (Phi) is 6.03. The Balaban J connectivity index is 1.89. The van der Waals surface area contributed by atoms with Crippen LogP contribution in [0.5, 0.6) is 17.2 Å². The van der Waals surface area contributed by atoms with Crippen molar-refractivity contribution in [3.8, 4) is 17.2 Å². The summed E-state index contributed by atoms with van der Waals surface area (Å²) in [6, 6.07) is 13.4. The lowest BCUT2D eigenvalue weighted by atomic mass is 10.1. The first-order chi connectivity index (χ1) is 13.1. The van der Waals surface area contributed by atoms with Gasteiger partial charge in [-0.05, 0) is 29.3 Å². The Morgan fingerprint density at radius 2 is 1.67 bits per heavy atom. The van der Waals surface area contributed by atoms with Crippen molar-refractivity contribution in [3.63, 3.8) is 0 Å². The molecule has 0 spiro atoms. The fraction of sp³-hybridized carbons (Fsp3) is 0.200. The van der Waals surface area contributed by atoms with Crippen molar-refractivity contribution in [2.45, 2.75) is 6.54 Å². The molecule has 5 nitrogen and oxygen atoms in total. The number of amides is 1. The summed E-state index contributed by atoms with van der Waals surface area (Å²) in [5.74, 6) is 1.46. The van der Waals surface area contributed by atoms with Gasteiger partial charge in [0.1, 0.15) is 4.32 Å². The fourth-order valence-electron chi connectivity index (χ4n) is 2.74. The van der Waals surface area contributed by atoms with Crippen molar-refractivity contribution < 1.29 is 19.0 Å². The number of hydrogen-bond acceptors (Lipinski definition) is 6. The van der Waals surface area contributed by atoms with Gasteiger partial charge in [-0.1, -0.05) is 54.3 Å². The van der Waals surface area contributed by atoms with Crippen molar-refractivity contribution in [1.29, 1.82) is 0 Å². The fourth-order valence-corrected chi connectivity index (χ4v) is 3.99. The highest BCUT2D eigenvalue weighted by molar-refractivity contribution is 8.26. The molecular weight excluding hydrogens is 382 g/mol. The van der Waals surface area contributed by atoms with Gasteiger partial charge in [-0.2, -0.15) is 0 Å². The highest BCUT2D eigenvalue weighted by Gasteiger charge is 2.32. The van der Waals surface area contributed by atoms with Crippen LogP contribution in [0.3, 0.4) is 0 Å². The number of rotatable bonds is 6. The molecule has 2 aromatic carbocycles. The van der Waals surface area contributed by atoms with E-state index in [1.54, 1.807) is 44.4 Å². The van der Waals surface area contributed by atoms with E-state index in [-0.39, 0.29) is 5.91 Å². The minimum Gasteiger partial charge on any atom is -0.493 e. The van der Waals surface area contributed by atoms with Gasteiger partial charge in [0.15, 0.2) is 11.5 Å². The number of thiocarbonyl (C=S) groups is 1. The number of carbonyl (C=O) groups excluding carboxylic acids is 1. The molecule has 1 aliphatic rings. The number of hydrogen-bond donors (Lipinski definition) is 0. The monoisotopic (exact) mass is 401 g/mol. The topological polar surface area (TPSA) is 48.0 Å². The maximum Gasteiger partial charge on any atom is 0.266 e. The van der Waals surface area contributed by atoms with E-state index in [1.165, 1.54) is 11.8 Å². The van der Waals surface area contributed by atoms with E-state index >= 15 is 0 Å². The van der Waals surface area contributed by atoms with Crippen LogP contribution in [0.4, 0.5) is 0 Å². The smallest absolute Gasteiger partial charge is 0.266 e. The average molecular weight is 402 g/mol. The van der Waals surface area contributed by atoms with Crippen LogP contribution in [0.1, 0.15) is 11.1 Å². The third-order valence-corrected chi connectivity index (χ3v) is 5.42. The van der Waals surface area contributed by atoms with Gasteiger partial charge < -0.3 is 14.2 Å². The van der Waals surface area contributed by atoms with Gasteiger partial charge in [-0.3, -0.25) is 9.69 Å². The number of benzene rings is 2. The van der Waals surface area contributed by atoms with E-state index in [9.17, 15) is 4.79 Å². The van der Waals surface area contributed by atoms with Crippen molar-refractivity contribution in [2.24, 2.45) is 0 Å². The van der Waals surface area contributed by atoms with E-state index in [2.05, 4.69) is 0 Å². The van der Waals surface area contributed by atoms with Gasteiger partial charge >= 0.3 is 0 Å². The molecule has 0 aliphatic carbocycles. The van der Waals surface area contributed by atoms with E-state index in [4.69, 9.17) is 26.4 Å². The zero-order valence-electron chi connectivity index (χ0n) is 15.2. The van der Waals surface area contributed by atoms with Crippen LogP contribution >= 0.6 is 24.0 Å². The lowest BCUT2D eigenvalue weighted by Crippen LogP contribution is -2.27. The molecule has 0 radical (unpaired) electrons. The van der Waals surface area contributed by atoms with Crippen LogP contribution in [-0.4, -0.2) is 36.5 Å². The number of thioether (sulfide) groups is 1. The van der Waals surface area contributed by atoms with E-state index in [0.717, 1.165) is 11.1 Å². The van der Waals surface area contributed by atoms with Gasteiger partial charge in [0.25, 0.3) is 5.91 Å². The summed E-state index contributed by atoms with van der Waals surface area (Å²) in [6.07, 6.45) is 1.79. The second kappa shape index (κ2) is 8.45. The molecule has 3 rings (SSSR count). The zero-order valence-corrected chi connectivity index (χ0v) is 16.9. The van der Waals surface area contributed by atoms with Crippen molar-refractivity contribution in [1.82, 2.24) is 4.90 Å². The second-order valence-corrected chi connectivity index (χ2v) is 7.39. The molecule has 0 atom stereocenters. The van der Waals surface area contributed by atoms with Gasteiger partial charge in [-0.25, -0.2) is 0 Å². The maximum atomic E-state index is 12.8. The third-order valence-electron chi connectivity index (χ3n) is 4.04. The first-order valence-electron chi connectivity index (χ1n) is 8.16. The second-order valence-electron chi connectivity index (χ2n) is 5.71. The number of nitrogens with zero attached hydrogens (tertiary/aromatic N) is 1. The van der Waals surface area contributed by atoms with E-state index in [0.29, 0.717) is 33.0 Å². The van der Waals surface area contributed by atoms with E-state index < -0.39 is 0 Å². The summed E-state index contributed by atoms with van der Waals surface area (Å²) < 4.78 is 16.6. The number of carbonyl (C=O) groups is 1. The van der Waals surface area contributed by atoms with Crippen LogP contribution in [0.25, 0.3) is 6.08 Å². The van der Waals surface area contributed by atoms with Crippen LogP contribution in [0.2, 0.25) is 0 Å². The molecule has 0 saturated carbocycles. The highest BCUT2D eigenvalue weighted by atomic mass is 32.2. The standard InChI is InChI=1S/C20H19NO4S2/c1-23-15-9-14(10-16(24-2)18(15)25-3)11-17-19(22)21(20(26)27-17)12-13-7-5-4-6-8-13/h4-11H,12H2,1-3H3/b17-11+. The Labute approximate surface area is 167 Å². The molecule has 1 amide bonds.